The number of anilines is 2. The van der Waals surface area contributed by atoms with E-state index >= 15 is 0 Å². The van der Waals surface area contributed by atoms with Crippen LogP contribution >= 0.6 is 0 Å². The second-order valence-electron chi connectivity index (χ2n) is 3.89. The van der Waals surface area contributed by atoms with Crippen LogP contribution in [0.1, 0.15) is 6.42 Å². The van der Waals surface area contributed by atoms with Crippen molar-refractivity contribution in [3.05, 3.63) is 6.33 Å². The van der Waals surface area contributed by atoms with Crippen LogP contribution in [0, 0.1) is 0 Å². The molecule has 0 radical (unpaired) electrons. The summed E-state index contributed by atoms with van der Waals surface area (Å²) in [6.45, 7) is 0. The van der Waals surface area contributed by atoms with Gasteiger partial charge in [0.1, 0.15) is 12.0 Å². The molecular formula is C9H14N4O3S. The first kappa shape index (κ1) is 11.9. The minimum atomic E-state index is -2.92. The van der Waals surface area contributed by atoms with Gasteiger partial charge < -0.3 is 15.8 Å². The molecule has 2 rings (SSSR count). The third-order valence-corrected chi connectivity index (χ3v) is 4.38. The lowest BCUT2D eigenvalue weighted by molar-refractivity contribution is 0.399. The summed E-state index contributed by atoms with van der Waals surface area (Å²) in [5.74, 6) is 1.01. The van der Waals surface area contributed by atoms with Crippen LogP contribution in [0.5, 0.6) is 5.88 Å². The number of hydrogen-bond acceptors (Lipinski definition) is 7. The van der Waals surface area contributed by atoms with Gasteiger partial charge in [0, 0.05) is 6.04 Å². The van der Waals surface area contributed by atoms with Gasteiger partial charge >= 0.3 is 0 Å². The van der Waals surface area contributed by atoms with Crippen molar-refractivity contribution in [1.82, 2.24) is 9.97 Å². The number of ether oxygens (including phenoxy) is 1. The molecule has 3 N–H and O–H groups in total. The molecule has 8 heteroatoms. The number of nitrogen functional groups attached to an aromatic ring is 1. The molecule has 1 saturated heterocycles. The fraction of sp³-hybridized carbons (Fsp3) is 0.556. The van der Waals surface area contributed by atoms with Gasteiger partial charge in [0.05, 0.1) is 18.6 Å². The van der Waals surface area contributed by atoms with Crippen LogP contribution in [-0.4, -0.2) is 43.0 Å². The Kier molecular flexibility index (Phi) is 3.05. The van der Waals surface area contributed by atoms with E-state index in [0.717, 1.165) is 0 Å². The fourth-order valence-corrected chi connectivity index (χ4v) is 3.43. The Morgan fingerprint density at radius 3 is 2.88 bits per heavy atom. The van der Waals surface area contributed by atoms with Gasteiger partial charge in [-0.15, -0.1) is 0 Å². The third kappa shape index (κ3) is 2.57. The summed E-state index contributed by atoms with van der Waals surface area (Å²) in [5, 5.41) is 3.00. The van der Waals surface area contributed by atoms with Crippen molar-refractivity contribution in [3.63, 3.8) is 0 Å². The molecule has 1 aliphatic rings. The largest absolute Gasteiger partial charge is 0.479 e. The van der Waals surface area contributed by atoms with Gasteiger partial charge in [-0.25, -0.2) is 13.4 Å². The molecule has 0 saturated carbocycles. The van der Waals surface area contributed by atoms with Gasteiger partial charge in [-0.2, -0.15) is 4.98 Å². The highest BCUT2D eigenvalue weighted by molar-refractivity contribution is 7.91. The van der Waals surface area contributed by atoms with Crippen molar-refractivity contribution >= 4 is 21.3 Å². The van der Waals surface area contributed by atoms with E-state index in [9.17, 15) is 8.42 Å². The summed E-state index contributed by atoms with van der Waals surface area (Å²) in [6.07, 6.45) is 1.88. The summed E-state index contributed by atoms with van der Waals surface area (Å²) in [6, 6.07) is -0.151. The summed E-state index contributed by atoms with van der Waals surface area (Å²) >= 11 is 0. The van der Waals surface area contributed by atoms with Crippen molar-refractivity contribution < 1.29 is 13.2 Å². The van der Waals surface area contributed by atoms with E-state index in [1.807, 2.05) is 0 Å². The Labute approximate surface area is 99.3 Å². The van der Waals surface area contributed by atoms with Gasteiger partial charge in [-0.3, -0.25) is 0 Å². The Morgan fingerprint density at radius 1 is 1.53 bits per heavy atom. The third-order valence-electron chi connectivity index (χ3n) is 2.61. The number of nitrogens with one attached hydrogen (secondary N) is 1. The molecule has 1 atom stereocenters. The second-order valence-corrected chi connectivity index (χ2v) is 6.12. The van der Waals surface area contributed by atoms with E-state index in [4.69, 9.17) is 10.5 Å². The van der Waals surface area contributed by atoms with E-state index in [2.05, 4.69) is 15.3 Å². The van der Waals surface area contributed by atoms with Gasteiger partial charge in [-0.1, -0.05) is 0 Å². The standard InChI is InChI=1S/C9H14N4O3S/c1-16-9-7(10)8(11-5-12-9)13-6-2-3-17(14,15)4-6/h5-6H,2-4,10H2,1H3,(H,11,12,13). The van der Waals surface area contributed by atoms with Gasteiger partial charge in [-0.05, 0) is 6.42 Å². The molecule has 0 amide bonds. The molecule has 1 aromatic heterocycles. The maximum Gasteiger partial charge on any atom is 0.242 e. The molecule has 17 heavy (non-hydrogen) atoms. The molecule has 7 nitrogen and oxygen atoms in total. The van der Waals surface area contributed by atoms with Crippen LogP contribution in [0.15, 0.2) is 6.33 Å². The van der Waals surface area contributed by atoms with E-state index in [1.54, 1.807) is 0 Å². The smallest absolute Gasteiger partial charge is 0.242 e. The second kappa shape index (κ2) is 4.36. The number of hydrogen-bond donors (Lipinski definition) is 2. The van der Waals surface area contributed by atoms with Crippen molar-refractivity contribution in [1.29, 1.82) is 0 Å². The molecule has 0 bridgehead atoms. The zero-order chi connectivity index (χ0) is 12.5. The van der Waals surface area contributed by atoms with Crippen molar-refractivity contribution in [2.45, 2.75) is 12.5 Å². The van der Waals surface area contributed by atoms with Crippen molar-refractivity contribution in [3.8, 4) is 5.88 Å². The average molecular weight is 258 g/mol. The Morgan fingerprint density at radius 2 is 2.29 bits per heavy atom. The normalized spacial score (nSPS) is 22.3. The van der Waals surface area contributed by atoms with Crippen molar-refractivity contribution in [2.24, 2.45) is 0 Å². The quantitative estimate of drug-likeness (QED) is 0.764. The van der Waals surface area contributed by atoms with E-state index in [1.165, 1.54) is 13.4 Å². The number of rotatable bonds is 3. The minimum absolute atomic E-state index is 0.110. The van der Waals surface area contributed by atoms with Gasteiger partial charge in [0.2, 0.25) is 5.88 Å². The lowest BCUT2D eigenvalue weighted by Crippen LogP contribution is -2.22. The Bertz CT molecular complexity index is 517. The maximum absolute atomic E-state index is 11.3. The van der Waals surface area contributed by atoms with Gasteiger partial charge in [0.15, 0.2) is 15.7 Å². The highest BCUT2D eigenvalue weighted by Crippen LogP contribution is 2.26. The summed E-state index contributed by atoms with van der Waals surface area (Å²) in [5.41, 5.74) is 6.07. The van der Waals surface area contributed by atoms with Crippen LogP contribution in [-0.2, 0) is 9.84 Å². The van der Waals surface area contributed by atoms with E-state index < -0.39 is 9.84 Å². The predicted octanol–water partition coefficient (Wildman–Crippen LogP) is -0.334. The predicted molar refractivity (Wildman–Crippen MR) is 63.7 cm³/mol. The molecule has 2 heterocycles. The Hall–Kier alpha value is -1.57. The number of nitrogens with zero attached hydrogens (tertiary/aromatic N) is 2. The minimum Gasteiger partial charge on any atom is -0.479 e. The topological polar surface area (TPSA) is 107 Å². The van der Waals surface area contributed by atoms with Gasteiger partial charge in [0.25, 0.3) is 0 Å². The summed E-state index contributed by atoms with van der Waals surface area (Å²) in [7, 11) is -1.46. The monoisotopic (exact) mass is 258 g/mol. The van der Waals surface area contributed by atoms with E-state index in [-0.39, 0.29) is 23.4 Å². The summed E-state index contributed by atoms with van der Waals surface area (Å²) < 4.78 is 27.6. The molecular weight excluding hydrogens is 244 g/mol. The molecule has 94 valence electrons. The number of sulfone groups is 1. The number of nitrogens with two attached hydrogens (primary N) is 1. The first-order valence-corrected chi connectivity index (χ1v) is 6.95. The molecule has 0 aromatic carbocycles. The van der Waals surface area contributed by atoms with Crippen molar-refractivity contribution in [2.75, 3.05) is 29.7 Å². The SMILES string of the molecule is COc1ncnc(NC2CCS(=O)(=O)C2)c1N. The molecule has 1 aromatic rings. The first-order valence-electron chi connectivity index (χ1n) is 5.13. The van der Waals surface area contributed by atoms with Crippen LogP contribution in [0.2, 0.25) is 0 Å². The average Bonchev–Trinajstić information content (AvgIpc) is 2.61. The molecule has 0 spiro atoms. The lowest BCUT2D eigenvalue weighted by Gasteiger charge is -2.14. The molecule has 1 unspecified atom stereocenters. The molecule has 1 aliphatic heterocycles. The van der Waals surface area contributed by atoms with Crippen LogP contribution in [0.25, 0.3) is 0 Å². The molecule has 0 aliphatic carbocycles. The Balaban J connectivity index is 2.15. The maximum atomic E-state index is 11.3. The van der Waals surface area contributed by atoms with Crippen LogP contribution in [0.3, 0.4) is 0 Å². The van der Waals surface area contributed by atoms with E-state index in [0.29, 0.717) is 17.9 Å². The zero-order valence-corrected chi connectivity index (χ0v) is 10.2. The first-order chi connectivity index (χ1) is 8.02. The zero-order valence-electron chi connectivity index (χ0n) is 9.38. The number of aromatic nitrogens is 2. The lowest BCUT2D eigenvalue weighted by atomic mass is 10.2. The summed E-state index contributed by atoms with van der Waals surface area (Å²) in [4.78, 5) is 7.82. The highest BCUT2D eigenvalue weighted by atomic mass is 32.2. The number of methoxy groups -OCH3 is 1. The molecule has 1 fully saturated rings. The van der Waals surface area contributed by atoms with Crippen LogP contribution < -0.4 is 15.8 Å². The van der Waals surface area contributed by atoms with Crippen LogP contribution in [0.4, 0.5) is 11.5 Å². The highest BCUT2D eigenvalue weighted by Gasteiger charge is 2.28. The fourth-order valence-electron chi connectivity index (χ4n) is 1.76.